The summed E-state index contributed by atoms with van der Waals surface area (Å²) in [4.78, 5) is 35.7. The average Bonchev–Trinajstić information content (AvgIpc) is 3.74. The molecule has 10 aliphatic heterocycles. The van der Waals surface area contributed by atoms with Crippen molar-refractivity contribution in [2.24, 2.45) is 0 Å². The van der Waals surface area contributed by atoms with E-state index in [4.69, 9.17) is 14.2 Å². The molecule has 0 radical (unpaired) electrons. The molecule has 0 amide bonds. The van der Waals surface area contributed by atoms with Crippen molar-refractivity contribution in [3.63, 3.8) is 0 Å². The van der Waals surface area contributed by atoms with Crippen molar-refractivity contribution in [1.29, 1.82) is 0 Å². The van der Waals surface area contributed by atoms with E-state index in [-0.39, 0.29) is 10.3 Å². The standard InChI is InChI=1S/C21H17O5.C5H5.Fe/c1-2-24-17-11-13-19(14-12-17)26-21(23)16-7-9-18(10-8-16)25-20(22)15-5-3-4-6-15;1-2-4-5-3-1;/h3-14H,2H2,1H3;1-5H;. The summed E-state index contributed by atoms with van der Waals surface area (Å²) >= 11 is 0. The molecule has 0 aromatic heterocycles. The molecular formula is C26H22FeO5. The van der Waals surface area contributed by atoms with Gasteiger partial charge in [-0.15, -0.1) is 0 Å². The van der Waals surface area contributed by atoms with Crippen LogP contribution in [-0.2, 0) is 11.3 Å². The number of esters is 2. The van der Waals surface area contributed by atoms with Gasteiger partial charge in [0.25, 0.3) is 0 Å². The number of carbonyl (C=O) groups is 2. The summed E-state index contributed by atoms with van der Waals surface area (Å²) < 4.78 is 17.0. The summed E-state index contributed by atoms with van der Waals surface area (Å²) in [6, 6.07) is 13.9. The van der Waals surface area contributed by atoms with E-state index in [1.807, 2.05) is 6.92 Å². The van der Waals surface area contributed by atoms with Crippen LogP contribution in [0.1, 0.15) is 17.3 Å². The SMILES string of the molecule is CCOc1ccc(OC(=O)c2ccc(OC(=O)[C]34[CH]5[CH]6[CH]7[CH]3[Fe]6754389%10[CH]4[CH]3[CH]8[CH]9[CH]4%10)cc2)cc1. The number of rotatable bonds is 6. The van der Waals surface area contributed by atoms with E-state index in [2.05, 4.69) is 0 Å². The second kappa shape index (κ2) is 1.97. The van der Waals surface area contributed by atoms with Gasteiger partial charge in [0.1, 0.15) is 5.75 Å². The molecule has 164 valence electrons. The zero-order valence-corrected chi connectivity index (χ0v) is 18.5. The molecule has 10 fully saturated rings. The Kier molecular flexibility index (Phi) is 0.910. The third-order valence-electron chi connectivity index (χ3n) is 17.6. The molecule has 0 saturated carbocycles. The molecule has 6 heteroatoms. The number of hydrogen-bond donors (Lipinski definition) is 0. The average molecular weight is 470 g/mol. The summed E-state index contributed by atoms with van der Waals surface area (Å²) in [5.74, 6) is 1.50. The van der Waals surface area contributed by atoms with Crippen LogP contribution in [-0.4, -0.2) is 18.5 Å². The minimum absolute atomic E-state index is 0.102. The molecule has 4 unspecified atom stereocenters. The first kappa shape index (κ1) is 14.8. The maximum absolute atomic E-state index is 13.6. The molecule has 0 N–H and O–H groups in total. The molecule has 0 bridgehead atoms. The van der Waals surface area contributed by atoms with E-state index in [1.165, 1.54) is 0 Å². The molecule has 1 spiro atoms. The van der Waals surface area contributed by atoms with Crippen LogP contribution in [0.5, 0.6) is 17.2 Å². The van der Waals surface area contributed by atoms with Crippen LogP contribution in [0.4, 0.5) is 0 Å². The van der Waals surface area contributed by atoms with Crippen LogP contribution in [0.25, 0.3) is 0 Å². The molecule has 2 aromatic rings. The third-order valence-corrected chi connectivity index (χ3v) is 59.9. The number of benzene rings is 2. The first-order valence-corrected chi connectivity index (χ1v) is 18.1. The molecule has 12 rings (SSSR count). The normalized spacial score (nSPS) is 68.1. The van der Waals surface area contributed by atoms with Crippen molar-refractivity contribution in [3.8, 4) is 17.2 Å². The first-order chi connectivity index (χ1) is 15.3. The van der Waals surface area contributed by atoms with Gasteiger partial charge >= 0.3 is 151 Å². The van der Waals surface area contributed by atoms with Gasteiger partial charge < -0.3 is 4.74 Å². The number of hydrogen-bond acceptors (Lipinski definition) is 5. The Morgan fingerprint density at radius 2 is 1.25 bits per heavy atom. The first-order valence-electron chi connectivity index (χ1n) is 11.8. The summed E-state index contributed by atoms with van der Waals surface area (Å²) in [6.45, 7) is -0.961. The Hall–Kier alpha value is -2.30. The van der Waals surface area contributed by atoms with Crippen molar-refractivity contribution < 1.29 is 30.3 Å². The minimum atomic E-state index is -3.48. The Balaban J connectivity index is 0.827. The van der Waals surface area contributed by atoms with E-state index in [0.29, 0.717) is 23.7 Å². The van der Waals surface area contributed by atoms with Crippen molar-refractivity contribution >= 4 is 11.9 Å². The third kappa shape index (κ3) is 0.312. The van der Waals surface area contributed by atoms with Crippen molar-refractivity contribution in [3.05, 3.63) is 54.1 Å². The van der Waals surface area contributed by atoms with Gasteiger partial charge in [-0.1, -0.05) is 0 Å². The van der Waals surface area contributed by atoms with Gasteiger partial charge in [-0.3, -0.25) is 0 Å². The molecule has 0 aliphatic carbocycles. The van der Waals surface area contributed by atoms with Crippen molar-refractivity contribution in [2.45, 2.75) is 54.6 Å². The molecule has 10 heterocycles. The number of ether oxygens (including phenoxy) is 3. The fourth-order valence-corrected chi connectivity index (χ4v) is 92.1. The van der Waals surface area contributed by atoms with Crippen LogP contribution in [0.3, 0.4) is 0 Å². The fourth-order valence-electron chi connectivity index (χ4n) is 18.5. The van der Waals surface area contributed by atoms with E-state index in [1.54, 1.807) is 48.5 Å². The van der Waals surface area contributed by atoms with Gasteiger partial charge in [0.05, 0.1) is 6.61 Å². The van der Waals surface area contributed by atoms with E-state index >= 15 is 0 Å². The van der Waals surface area contributed by atoms with Gasteiger partial charge in [0, 0.05) is 0 Å². The predicted molar refractivity (Wildman–Crippen MR) is 111 cm³/mol. The van der Waals surface area contributed by atoms with Crippen LogP contribution < -0.4 is 14.2 Å². The summed E-state index contributed by atoms with van der Waals surface area (Å²) in [5.41, 5.74) is 0.441. The maximum atomic E-state index is 13.6. The molecular weight excluding hydrogens is 448 g/mol. The Morgan fingerprint density at radius 3 is 1.72 bits per heavy atom. The van der Waals surface area contributed by atoms with Crippen LogP contribution >= 0.6 is 0 Å². The molecule has 5 nitrogen and oxygen atoms in total. The Labute approximate surface area is 174 Å². The van der Waals surface area contributed by atoms with E-state index < -0.39 is 12.5 Å². The number of carbonyl (C=O) groups excluding carboxylic acids is 2. The van der Waals surface area contributed by atoms with Crippen molar-refractivity contribution in [2.75, 3.05) is 6.61 Å². The van der Waals surface area contributed by atoms with Gasteiger partial charge in [-0.25, -0.2) is 0 Å². The quantitative estimate of drug-likeness (QED) is 0.296. The molecule has 10 saturated heterocycles. The summed E-state index contributed by atoms with van der Waals surface area (Å²) in [7, 11) is 0. The fraction of sp³-hybridized carbons (Fsp3) is 0.462. The predicted octanol–water partition coefficient (Wildman–Crippen LogP) is 5.97. The molecule has 32 heavy (non-hydrogen) atoms. The molecule has 10 aliphatic rings. The van der Waals surface area contributed by atoms with Gasteiger partial charge in [-0.2, -0.15) is 0 Å². The van der Waals surface area contributed by atoms with Crippen LogP contribution in [0, 0.1) is 0 Å². The summed E-state index contributed by atoms with van der Waals surface area (Å²) in [5, 5.41) is 0. The van der Waals surface area contributed by atoms with Gasteiger partial charge in [0.2, 0.25) is 0 Å². The van der Waals surface area contributed by atoms with Gasteiger partial charge in [-0.05, 0) is 6.92 Å². The van der Waals surface area contributed by atoms with Crippen molar-refractivity contribution in [1.82, 2.24) is 0 Å². The van der Waals surface area contributed by atoms with E-state index in [9.17, 15) is 9.59 Å². The summed E-state index contributed by atoms with van der Waals surface area (Å²) in [6.07, 6.45) is 0. The van der Waals surface area contributed by atoms with Crippen LogP contribution in [0.2, 0.25) is 47.7 Å². The Bertz CT molecular complexity index is 1670. The second-order valence-corrected chi connectivity index (χ2v) is 37.4. The Morgan fingerprint density at radius 1 is 0.750 bits per heavy atom. The zero-order valence-electron chi connectivity index (χ0n) is 17.4. The second-order valence-electron chi connectivity index (χ2n) is 13.9. The molecule has 2 aromatic carbocycles. The van der Waals surface area contributed by atoms with E-state index in [0.717, 1.165) is 49.1 Å². The zero-order chi connectivity index (χ0) is 21.0. The van der Waals surface area contributed by atoms with Crippen LogP contribution in [0.15, 0.2) is 48.5 Å². The molecule has 4 atom stereocenters. The number of fused-ring (bicyclic) bond motifs is 10. The van der Waals surface area contributed by atoms with Gasteiger partial charge in [0.15, 0.2) is 0 Å². The topological polar surface area (TPSA) is 61.8 Å². The monoisotopic (exact) mass is 470 g/mol.